The zero-order chi connectivity index (χ0) is 17.1. The average molecular weight is 342 g/mol. The van der Waals surface area contributed by atoms with Gasteiger partial charge in [0, 0.05) is 50.6 Å². The number of ether oxygens (including phenoxy) is 1. The van der Waals surface area contributed by atoms with Gasteiger partial charge in [0.05, 0.1) is 0 Å². The molecular formula is C18H26N6O. The van der Waals surface area contributed by atoms with Gasteiger partial charge in [-0.05, 0) is 32.1 Å². The van der Waals surface area contributed by atoms with Crippen LogP contribution in [0.15, 0.2) is 24.8 Å². The number of rotatable bonds is 8. The SMILES string of the molecule is CCn1ccnc1[C@@H]1OCC[C@H]1CNc1cc(NCC2CC2)ncn1. The number of aryl methyl sites for hydroxylation is 1. The van der Waals surface area contributed by atoms with Crippen LogP contribution in [0.2, 0.25) is 0 Å². The molecule has 0 unspecified atom stereocenters. The Labute approximate surface area is 148 Å². The van der Waals surface area contributed by atoms with Gasteiger partial charge in [0.25, 0.3) is 0 Å². The summed E-state index contributed by atoms with van der Waals surface area (Å²) >= 11 is 0. The van der Waals surface area contributed by atoms with Gasteiger partial charge in [0.2, 0.25) is 0 Å². The minimum absolute atomic E-state index is 0.0525. The highest BCUT2D eigenvalue weighted by Crippen LogP contribution is 2.34. The molecule has 4 rings (SSSR count). The Kier molecular flexibility index (Phi) is 4.83. The van der Waals surface area contributed by atoms with Gasteiger partial charge in [-0.25, -0.2) is 15.0 Å². The van der Waals surface area contributed by atoms with Crippen molar-refractivity contribution in [3.63, 3.8) is 0 Å². The lowest BCUT2D eigenvalue weighted by Crippen LogP contribution is -2.21. The van der Waals surface area contributed by atoms with E-state index in [9.17, 15) is 0 Å². The van der Waals surface area contributed by atoms with Crippen LogP contribution in [0, 0.1) is 11.8 Å². The summed E-state index contributed by atoms with van der Waals surface area (Å²) in [5, 5.41) is 6.84. The van der Waals surface area contributed by atoms with Crippen molar-refractivity contribution in [2.45, 2.75) is 38.8 Å². The van der Waals surface area contributed by atoms with E-state index in [2.05, 4.69) is 37.1 Å². The lowest BCUT2D eigenvalue weighted by Gasteiger charge is -2.19. The molecule has 0 amide bonds. The van der Waals surface area contributed by atoms with E-state index in [-0.39, 0.29) is 6.10 Å². The lowest BCUT2D eigenvalue weighted by atomic mass is 10.0. The smallest absolute Gasteiger partial charge is 0.138 e. The van der Waals surface area contributed by atoms with Gasteiger partial charge in [-0.3, -0.25) is 0 Å². The van der Waals surface area contributed by atoms with Gasteiger partial charge in [0.15, 0.2) is 0 Å². The van der Waals surface area contributed by atoms with Gasteiger partial charge in [-0.2, -0.15) is 0 Å². The highest BCUT2D eigenvalue weighted by atomic mass is 16.5. The highest BCUT2D eigenvalue weighted by Gasteiger charge is 2.32. The molecule has 1 saturated carbocycles. The van der Waals surface area contributed by atoms with E-state index in [1.54, 1.807) is 6.33 Å². The summed E-state index contributed by atoms with van der Waals surface area (Å²) in [6.07, 6.45) is 9.24. The summed E-state index contributed by atoms with van der Waals surface area (Å²) < 4.78 is 8.13. The standard InChI is InChI=1S/C18H26N6O/c1-2-24-7-6-19-18(24)17-14(5-8-25-17)11-21-16-9-15(22-12-23-16)20-10-13-3-4-13/h6-7,9,12-14,17H,2-5,8,10-11H2,1H3,(H2,20,21,22,23)/t14-,17+/m0/s1. The maximum Gasteiger partial charge on any atom is 0.138 e. The molecule has 2 atom stereocenters. The third kappa shape index (κ3) is 3.92. The van der Waals surface area contributed by atoms with Crippen LogP contribution in [0.1, 0.15) is 38.1 Å². The van der Waals surface area contributed by atoms with Crippen molar-refractivity contribution in [2.24, 2.45) is 11.8 Å². The first-order chi connectivity index (χ1) is 12.3. The van der Waals surface area contributed by atoms with E-state index >= 15 is 0 Å². The zero-order valence-corrected chi connectivity index (χ0v) is 14.7. The number of imidazole rings is 1. The fraction of sp³-hybridized carbons (Fsp3) is 0.611. The number of anilines is 2. The van der Waals surface area contributed by atoms with Crippen molar-refractivity contribution in [3.05, 3.63) is 30.6 Å². The van der Waals surface area contributed by atoms with Crippen molar-refractivity contribution in [1.82, 2.24) is 19.5 Å². The molecule has 7 heteroatoms. The van der Waals surface area contributed by atoms with Crippen LogP contribution >= 0.6 is 0 Å². The van der Waals surface area contributed by atoms with Gasteiger partial charge < -0.3 is 19.9 Å². The predicted molar refractivity (Wildman–Crippen MR) is 96.4 cm³/mol. The van der Waals surface area contributed by atoms with E-state index in [1.807, 2.05) is 18.5 Å². The summed E-state index contributed by atoms with van der Waals surface area (Å²) in [5.41, 5.74) is 0. The highest BCUT2D eigenvalue weighted by molar-refractivity contribution is 5.46. The van der Waals surface area contributed by atoms with Crippen molar-refractivity contribution in [3.8, 4) is 0 Å². The molecular weight excluding hydrogens is 316 g/mol. The Bertz CT molecular complexity index is 698. The van der Waals surface area contributed by atoms with Crippen molar-refractivity contribution in [2.75, 3.05) is 30.3 Å². The molecule has 7 nitrogen and oxygen atoms in total. The summed E-state index contributed by atoms with van der Waals surface area (Å²) in [4.78, 5) is 13.1. The first-order valence-corrected chi connectivity index (χ1v) is 9.26. The fourth-order valence-corrected chi connectivity index (χ4v) is 3.33. The maximum absolute atomic E-state index is 5.97. The molecule has 0 radical (unpaired) electrons. The first-order valence-electron chi connectivity index (χ1n) is 9.26. The number of hydrogen-bond donors (Lipinski definition) is 2. The van der Waals surface area contributed by atoms with Gasteiger partial charge >= 0.3 is 0 Å². The second-order valence-corrected chi connectivity index (χ2v) is 6.91. The molecule has 2 fully saturated rings. The molecule has 2 N–H and O–H groups in total. The Morgan fingerprint density at radius 2 is 1.92 bits per heavy atom. The second kappa shape index (κ2) is 7.39. The minimum atomic E-state index is 0.0525. The zero-order valence-electron chi connectivity index (χ0n) is 14.7. The predicted octanol–water partition coefficient (Wildman–Crippen LogP) is 2.70. The Balaban J connectivity index is 1.36. The largest absolute Gasteiger partial charge is 0.370 e. The average Bonchev–Trinajstić information content (AvgIpc) is 3.16. The van der Waals surface area contributed by atoms with Crippen molar-refractivity contribution < 1.29 is 4.74 Å². The molecule has 2 aromatic heterocycles. The minimum Gasteiger partial charge on any atom is -0.370 e. The van der Waals surface area contributed by atoms with Crippen LogP contribution < -0.4 is 10.6 Å². The van der Waals surface area contributed by atoms with Gasteiger partial charge in [0.1, 0.15) is 29.9 Å². The summed E-state index contributed by atoms with van der Waals surface area (Å²) in [5.74, 6) is 4.00. The molecule has 3 heterocycles. The van der Waals surface area contributed by atoms with Crippen LogP contribution in [-0.2, 0) is 11.3 Å². The van der Waals surface area contributed by atoms with Crippen molar-refractivity contribution >= 4 is 11.6 Å². The Morgan fingerprint density at radius 1 is 1.12 bits per heavy atom. The number of nitrogens with one attached hydrogen (secondary N) is 2. The maximum atomic E-state index is 5.97. The molecule has 134 valence electrons. The molecule has 1 aliphatic carbocycles. The second-order valence-electron chi connectivity index (χ2n) is 6.91. The van der Waals surface area contributed by atoms with Crippen LogP contribution in [0.5, 0.6) is 0 Å². The van der Waals surface area contributed by atoms with Crippen LogP contribution in [-0.4, -0.2) is 39.2 Å². The molecule has 0 spiro atoms. The third-order valence-electron chi connectivity index (χ3n) is 5.04. The van der Waals surface area contributed by atoms with E-state index < -0.39 is 0 Å². The normalized spacial score (nSPS) is 22.9. The summed E-state index contributed by atoms with van der Waals surface area (Å²) in [6, 6.07) is 1.99. The van der Waals surface area contributed by atoms with Crippen molar-refractivity contribution in [1.29, 1.82) is 0 Å². The van der Waals surface area contributed by atoms with E-state index in [0.717, 1.165) is 56.0 Å². The van der Waals surface area contributed by atoms with E-state index in [4.69, 9.17) is 4.74 Å². The molecule has 0 aromatic carbocycles. The quantitative estimate of drug-likeness (QED) is 0.768. The Morgan fingerprint density at radius 3 is 2.68 bits per heavy atom. The molecule has 0 bridgehead atoms. The van der Waals surface area contributed by atoms with Crippen LogP contribution in [0.3, 0.4) is 0 Å². The van der Waals surface area contributed by atoms with E-state index in [0.29, 0.717) is 5.92 Å². The first kappa shape index (κ1) is 16.3. The fourth-order valence-electron chi connectivity index (χ4n) is 3.33. The third-order valence-corrected chi connectivity index (χ3v) is 5.04. The van der Waals surface area contributed by atoms with Crippen LogP contribution in [0.4, 0.5) is 11.6 Å². The molecule has 25 heavy (non-hydrogen) atoms. The monoisotopic (exact) mass is 342 g/mol. The molecule has 2 aliphatic rings. The molecule has 1 saturated heterocycles. The van der Waals surface area contributed by atoms with Gasteiger partial charge in [-0.1, -0.05) is 0 Å². The Hall–Kier alpha value is -2.15. The van der Waals surface area contributed by atoms with Crippen LogP contribution in [0.25, 0.3) is 0 Å². The molecule has 1 aliphatic heterocycles. The lowest BCUT2D eigenvalue weighted by molar-refractivity contribution is 0.0832. The molecule has 2 aromatic rings. The van der Waals surface area contributed by atoms with Gasteiger partial charge in [-0.15, -0.1) is 0 Å². The number of nitrogens with zero attached hydrogens (tertiary/aromatic N) is 4. The summed E-state index contributed by atoms with van der Waals surface area (Å²) in [6.45, 7) is 5.66. The number of aromatic nitrogens is 4. The topological polar surface area (TPSA) is 76.9 Å². The van der Waals surface area contributed by atoms with E-state index in [1.165, 1.54) is 12.8 Å². The number of hydrogen-bond acceptors (Lipinski definition) is 6. The summed E-state index contributed by atoms with van der Waals surface area (Å²) in [7, 11) is 0.